The minimum Gasteiger partial charge on any atom is -0.374 e. The van der Waals surface area contributed by atoms with E-state index in [0.29, 0.717) is 39.6 Å². The molecule has 0 radical (unpaired) electrons. The average molecular weight is 681 g/mol. The first-order chi connectivity index (χ1) is 24.8. The van der Waals surface area contributed by atoms with Crippen molar-refractivity contribution < 1.29 is 28.4 Å². The highest BCUT2D eigenvalue weighted by molar-refractivity contribution is 5.16. The van der Waals surface area contributed by atoms with Crippen molar-refractivity contribution >= 4 is 0 Å². The molecule has 0 N–H and O–H groups in total. The summed E-state index contributed by atoms with van der Waals surface area (Å²) in [6.07, 6.45) is 7.27. The van der Waals surface area contributed by atoms with Crippen LogP contribution in [0.1, 0.15) is 80.5 Å². The molecule has 1 saturated heterocycles. The highest BCUT2D eigenvalue weighted by atomic mass is 16.7. The third-order valence-electron chi connectivity index (χ3n) is 9.12. The van der Waals surface area contributed by atoms with Gasteiger partial charge in [-0.25, -0.2) is 0 Å². The first-order valence-corrected chi connectivity index (χ1v) is 18.7. The quantitative estimate of drug-likeness (QED) is 0.0728. The first kappa shape index (κ1) is 37.9. The van der Waals surface area contributed by atoms with Gasteiger partial charge in [-0.05, 0) is 28.7 Å². The summed E-state index contributed by atoms with van der Waals surface area (Å²) in [5, 5.41) is 0. The summed E-state index contributed by atoms with van der Waals surface area (Å²) >= 11 is 0. The molecule has 50 heavy (non-hydrogen) atoms. The molecule has 1 heterocycles. The van der Waals surface area contributed by atoms with E-state index in [2.05, 4.69) is 55.5 Å². The van der Waals surface area contributed by atoms with E-state index in [4.69, 9.17) is 28.4 Å². The topological polar surface area (TPSA) is 55.4 Å². The van der Waals surface area contributed by atoms with E-state index in [9.17, 15) is 0 Å². The van der Waals surface area contributed by atoms with Crippen molar-refractivity contribution in [2.45, 2.75) is 115 Å². The monoisotopic (exact) mass is 680 g/mol. The molecule has 268 valence electrons. The Kier molecular flexibility index (Phi) is 17.0. The zero-order valence-corrected chi connectivity index (χ0v) is 29.8. The molecule has 1 fully saturated rings. The third-order valence-corrected chi connectivity index (χ3v) is 9.12. The van der Waals surface area contributed by atoms with Crippen molar-refractivity contribution in [3.8, 4) is 0 Å². The Morgan fingerprint density at radius 3 is 1.36 bits per heavy atom. The van der Waals surface area contributed by atoms with Crippen LogP contribution in [-0.4, -0.2) is 43.9 Å². The Labute approximate surface area is 300 Å². The van der Waals surface area contributed by atoms with Gasteiger partial charge in [0.05, 0.1) is 33.0 Å². The third kappa shape index (κ3) is 13.1. The van der Waals surface area contributed by atoms with Crippen molar-refractivity contribution in [1.29, 1.82) is 0 Å². The lowest BCUT2D eigenvalue weighted by Gasteiger charge is -2.46. The van der Waals surface area contributed by atoms with Gasteiger partial charge in [-0.15, -0.1) is 0 Å². The summed E-state index contributed by atoms with van der Waals surface area (Å²) in [5.74, 6) is 0. The average Bonchev–Trinajstić information content (AvgIpc) is 3.17. The summed E-state index contributed by atoms with van der Waals surface area (Å²) in [7, 11) is 0. The number of benzene rings is 4. The van der Waals surface area contributed by atoms with E-state index in [1.54, 1.807) is 0 Å². The van der Waals surface area contributed by atoms with Crippen molar-refractivity contribution in [2.75, 3.05) is 13.2 Å². The molecule has 1 aliphatic rings. The Bertz CT molecular complexity index is 1400. The molecular formula is C44H56O6. The molecule has 6 nitrogen and oxygen atoms in total. The number of hydrogen-bond donors (Lipinski definition) is 0. The largest absolute Gasteiger partial charge is 0.374 e. The fraction of sp³-hybridized carbons (Fsp3) is 0.455. The van der Waals surface area contributed by atoms with Crippen LogP contribution in [0.25, 0.3) is 0 Å². The van der Waals surface area contributed by atoms with Crippen LogP contribution in [0.3, 0.4) is 0 Å². The minimum atomic E-state index is -0.647. The number of hydrogen-bond acceptors (Lipinski definition) is 6. The molecule has 0 saturated carbocycles. The lowest BCUT2D eigenvalue weighted by atomic mass is 9.97. The van der Waals surface area contributed by atoms with Crippen molar-refractivity contribution in [3.63, 3.8) is 0 Å². The van der Waals surface area contributed by atoms with Gasteiger partial charge in [0, 0.05) is 6.61 Å². The summed E-state index contributed by atoms with van der Waals surface area (Å²) in [5.41, 5.74) is 4.34. The normalized spacial score (nSPS) is 20.5. The van der Waals surface area contributed by atoms with E-state index in [1.165, 1.54) is 38.5 Å². The van der Waals surface area contributed by atoms with Gasteiger partial charge in [-0.2, -0.15) is 0 Å². The molecule has 0 bridgehead atoms. The molecule has 3 unspecified atom stereocenters. The van der Waals surface area contributed by atoms with Crippen LogP contribution in [0.2, 0.25) is 0 Å². The highest BCUT2D eigenvalue weighted by Gasteiger charge is 2.49. The number of rotatable bonds is 23. The Hall–Kier alpha value is -3.36. The predicted molar refractivity (Wildman–Crippen MR) is 198 cm³/mol. The maximum absolute atomic E-state index is 6.82. The molecule has 5 atom stereocenters. The van der Waals surface area contributed by atoms with Gasteiger partial charge in [0.2, 0.25) is 0 Å². The molecule has 0 amide bonds. The zero-order chi connectivity index (χ0) is 34.5. The molecule has 5 rings (SSSR count). The van der Waals surface area contributed by atoms with E-state index in [0.717, 1.165) is 35.1 Å². The maximum atomic E-state index is 6.82. The SMILES string of the molecule is CCCCCCCCCCO[C@H]1OC(COCc2ccccc2)[C@@H](OCc2ccccc2)C(OCc2ccccc2)C1OCc1ccccc1. The highest BCUT2D eigenvalue weighted by Crippen LogP contribution is 2.32. The van der Waals surface area contributed by atoms with Gasteiger partial charge in [-0.3, -0.25) is 0 Å². The van der Waals surface area contributed by atoms with E-state index in [-0.39, 0.29) is 0 Å². The van der Waals surface area contributed by atoms with Crippen molar-refractivity contribution in [2.24, 2.45) is 0 Å². The number of unbranched alkanes of at least 4 members (excludes halogenated alkanes) is 7. The molecule has 0 aliphatic carbocycles. The van der Waals surface area contributed by atoms with Crippen LogP contribution in [0.5, 0.6) is 0 Å². The van der Waals surface area contributed by atoms with E-state index >= 15 is 0 Å². The lowest BCUT2D eigenvalue weighted by Crippen LogP contribution is -2.61. The Balaban J connectivity index is 1.35. The first-order valence-electron chi connectivity index (χ1n) is 18.7. The Morgan fingerprint density at radius 1 is 0.440 bits per heavy atom. The maximum Gasteiger partial charge on any atom is 0.186 e. The summed E-state index contributed by atoms with van der Waals surface area (Å²) in [6, 6.07) is 40.9. The summed E-state index contributed by atoms with van der Waals surface area (Å²) in [6.45, 7) is 4.86. The van der Waals surface area contributed by atoms with Crippen LogP contribution in [0.4, 0.5) is 0 Å². The van der Waals surface area contributed by atoms with Gasteiger partial charge in [0.15, 0.2) is 6.29 Å². The van der Waals surface area contributed by atoms with Crippen LogP contribution in [0, 0.1) is 0 Å². The van der Waals surface area contributed by atoms with Crippen LogP contribution in [-0.2, 0) is 54.8 Å². The van der Waals surface area contributed by atoms with Gasteiger partial charge < -0.3 is 28.4 Å². The molecule has 0 spiro atoms. The van der Waals surface area contributed by atoms with Crippen LogP contribution < -0.4 is 0 Å². The second-order valence-corrected chi connectivity index (χ2v) is 13.2. The molecule has 4 aromatic rings. The predicted octanol–water partition coefficient (Wildman–Crippen LogP) is 9.84. The summed E-state index contributed by atoms with van der Waals surface area (Å²) in [4.78, 5) is 0. The Morgan fingerprint density at radius 2 is 0.860 bits per heavy atom. The van der Waals surface area contributed by atoms with Crippen LogP contribution >= 0.6 is 0 Å². The standard InChI is InChI=1S/C44H56O6/c1-2-3-4-5-6-7-8-21-30-46-44-43(49-34-39-28-19-12-20-29-39)42(48-33-38-26-17-11-18-27-38)41(47-32-37-24-15-10-16-25-37)40(50-44)35-45-31-36-22-13-9-14-23-36/h9-20,22-29,40-44H,2-8,21,30-35H2,1H3/t40?,41-,42?,43?,44+/m1/s1. The van der Waals surface area contributed by atoms with Gasteiger partial charge in [0.1, 0.15) is 24.4 Å². The smallest absolute Gasteiger partial charge is 0.186 e. The molecule has 0 aromatic heterocycles. The van der Waals surface area contributed by atoms with Gasteiger partial charge in [0.25, 0.3) is 0 Å². The second kappa shape index (κ2) is 22.5. The number of ether oxygens (including phenoxy) is 6. The molecule has 4 aromatic carbocycles. The molecule has 6 heteroatoms. The van der Waals surface area contributed by atoms with Crippen molar-refractivity contribution in [3.05, 3.63) is 144 Å². The van der Waals surface area contributed by atoms with E-state index in [1.807, 2.05) is 72.8 Å². The summed E-state index contributed by atoms with van der Waals surface area (Å²) < 4.78 is 40.0. The van der Waals surface area contributed by atoms with Crippen LogP contribution in [0.15, 0.2) is 121 Å². The fourth-order valence-corrected chi connectivity index (χ4v) is 6.32. The fourth-order valence-electron chi connectivity index (χ4n) is 6.32. The van der Waals surface area contributed by atoms with Gasteiger partial charge >= 0.3 is 0 Å². The lowest BCUT2D eigenvalue weighted by molar-refractivity contribution is -0.328. The van der Waals surface area contributed by atoms with Crippen molar-refractivity contribution in [1.82, 2.24) is 0 Å². The second-order valence-electron chi connectivity index (χ2n) is 13.2. The molecular weight excluding hydrogens is 624 g/mol. The van der Waals surface area contributed by atoms with Gasteiger partial charge in [-0.1, -0.05) is 173 Å². The minimum absolute atomic E-state index is 0.322. The van der Waals surface area contributed by atoms with E-state index < -0.39 is 30.7 Å². The zero-order valence-electron chi connectivity index (χ0n) is 29.8. The molecule has 1 aliphatic heterocycles.